The number of nitrogens with zero attached hydrogens (tertiary/aromatic N) is 3. The second-order valence-electron chi connectivity index (χ2n) is 5.18. The Hall–Kier alpha value is -3.46. The maximum absolute atomic E-state index is 12.2. The van der Waals surface area contributed by atoms with E-state index in [1.54, 1.807) is 49.6 Å². The van der Waals surface area contributed by atoms with E-state index in [9.17, 15) is 4.79 Å². The number of aromatic nitrogens is 2. The Balaban J connectivity index is 1.73. The minimum Gasteiger partial charge on any atom is -0.441 e. The first-order chi connectivity index (χ1) is 11.7. The number of rotatable bonds is 4. The number of nitriles is 1. The highest BCUT2D eigenvalue weighted by molar-refractivity contribution is 5.92. The fourth-order valence-corrected chi connectivity index (χ4v) is 2.23. The molecule has 0 saturated heterocycles. The van der Waals surface area contributed by atoms with E-state index in [1.807, 2.05) is 12.1 Å². The second kappa shape index (κ2) is 6.75. The van der Waals surface area contributed by atoms with Gasteiger partial charge in [0, 0.05) is 18.1 Å². The molecule has 0 aliphatic carbocycles. The first kappa shape index (κ1) is 15.4. The van der Waals surface area contributed by atoms with Gasteiger partial charge in [0.15, 0.2) is 0 Å². The minimum atomic E-state index is -0.223. The maximum Gasteiger partial charge on any atom is 0.230 e. The van der Waals surface area contributed by atoms with Crippen LogP contribution in [-0.4, -0.2) is 15.9 Å². The molecule has 0 saturated carbocycles. The molecule has 0 atom stereocenters. The monoisotopic (exact) mass is 318 g/mol. The highest BCUT2D eigenvalue weighted by Gasteiger charge is 2.15. The van der Waals surface area contributed by atoms with Crippen LogP contribution < -0.4 is 5.32 Å². The fourth-order valence-electron chi connectivity index (χ4n) is 2.23. The molecule has 0 spiro atoms. The Morgan fingerprint density at radius 1 is 1.33 bits per heavy atom. The molecule has 1 N–H and O–H groups in total. The lowest BCUT2D eigenvalue weighted by Gasteiger charge is -2.04. The largest absolute Gasteiger partial charge is 0.441 e. The molecule has 3 aromatic rings. The average Bonchev–Trinajstić information content (AvgIpc) is 2.96. The van der Waals surface area contributed by atoms with Gasteiger partial charge in [0.05, 0.1) is 29.3 Å². The highest BCUT2D eigenvalue weighted by atomic mass is 16.4. The number of hydrogen-bond acceptors (Lipinski definition) is 5. The maximum atomic E-state index is 12.2. The number of anilines is 1. The molecular weight excluding hydrogens is 304 g/mol. The molecule has 2 heterocycles. The lowest BCUT2D eigenvalue weighted by Crippen LogP contribution is -2.15. The third-order valence-electron chi connectivity index (χ3n) is 3.40. The van der Waals surface area contributed by atoms with Crippen molar-refractivity contribution in [2.45, 2.75) is 13.3 Å². The number of carbonyl (C=O) groups is 1. The van der Waals surface area contributed by atoms with E-state index in [2.05, 4.69) is 15.3 Å². The average molecular weight is 318 g/mol. The molecule has 118 valence electrons. The van der Waals surface area contributed by atoms with Gasteiger partial charge in [0.25, 0.3) is 0 Å². The summed E-state index contributed by atoms with van der Waals surface area (Å²) in [5.41, 5.74) is 2.40. The van der Waals surface area contributed by atoms with E-state index in [-0.39, 0.29) is 12.3 Å². The third kappa shape index (κ3) is 3.47. The lowest BCUT2D eigenvalue weighted by molar-refractivity contribution is -0.115. The molecule has 3 rings (SSSR count). The van der Waals surface area contributed by atoms with Crippen LogP contribution in [0.25, 0.3) is 11.5 Å². The Bertz CT molecular complexity index is 910. The summed E-state index contributed by atoms with van der Waals surface area (Å²) in [7, 11) is 0. The first-order valence-electron chi connectivity index (χ1n) is 7.32. The number of hydrogen-bond donors (Lipinski definition) is 1. The predicted molar refractivity (Wildman–Crippen MR) is 88.0 cm³/mol. The van der Waals surface area contributed by atoms with Gasteiger partial charge in [0.2, 0.25) is 11.8 Å². The quantitative estimate of drug-likeness (QED) is 0.798. The molecular formula is C18H14N4O2. The van der Waals surface area contributed by atoms with Gasteiger partial charge in [-0.15, -0.1) is 0 Å². The first-order valence-corrected chi connectivity index (χ1v) is 7.32. The fraction of sp³-hybridized carbons (Fsp3) is 0.111. The molecule has 0 bridgehead atoms. The summed E-state index contributed by atoms with van der Waals surface area (Å²) < 4.78 is 5.61. The van der Waals surface area contributed by atoms with Gasteiger partial charge in [0.1, 0.15) is 5.76 Å². The molecule has 1 aromatic carbocycles. The molecule has 2 aromatic heterocycles. The van der Waals surface area contributed by atoms with Crippen molar-refractivity contribution in [3.05, 3.63) is 65.8 Å². The van der Waals surface area contributed by atoms with Gasteiger partial charge in [-0.05, 0) is 37.3 Å². The van der Waals surface area contributed by atoms with Crippen LogP contribution in [0.2, 0.25) is 0 Å². The zero-order valence-electron chi connectivity index (χ0n) is 13.0. The van der Waals surface area contributed by atoms with E-state index in [4.69, 9.17) is 9.68 Å². The smallest absolute Gasteiger partial charge is 0.230 e. The highest BCUT2D eigenvalue weighted by Crippen LogP contribution is 2.21. The van der Waals surface area contributed by atoms with Crippen molar-refractivity contribution in [1.82, 2.24) is 9.97 Å². The van der Waals surface area contributed by atoms with Gasteiger partial charge < -0.3 is 9.73 Å². The van der Waals surface area contributed by atoms with Crippen molar-refractivity contribution in [3.63, 3.8) is 0 Å². The number of aryl methyl sites for hydroxylation is 1. The van der Waals surface area contributed by atoms with Gasteiger partial charge >= 0.3 is 0 Å². The Morgan fingerprint density at radius 3 is 2.96 bits per heavy atom. The van der Waals surface area contributed by atoms with E-state index < -0.39 is 0 Å². The molecule has 24 heavy (non-hydrogen) atoms. The normalized spacial score (nSPS) is 10.2. The van der Waals surface area contributed by atoms with E-state index >= 15 is 0 Å². The summed E-state index contributed by atoms with van der Waals surface area (Å²) in [5, 5.41) is 11.6. The third-order valence-corrected chi connectivity index (χ3v) is 3.40. The van der Waals surface area contributed by atoms with Crippen LogP contribution in [0.5, 0.6) is 0 Å². The van der Waals surface area contributed by atoms with Crippen molar-refractivity contribution in [1.29, 1.82) is 5.26 Å². The second-order valence-corrected chi connectivity index (χ2v) is 5.18. The van der Waals surface area contributed by atoms with Crippen molar-refractivity contribution in [2.24, 2.45) is 0 Å². The van der Waals surface area contributed by atoms with Crippen LogP contribution in [0.3, 0.4) is 0 Å². The summed E-state index contributed by atoms with van der Waals surface area (Å²) >= 11 is 0. The number of benzene rings is 1. The van der Waals surface area contributed by atoms with Crippen LogP contribution in [0.15, 0.2) is 53.2 Å². The van der Waals surface area contributed by atoms with Crippen LogP contribution >= 0.6 is 0 Å². The van der Waals surface area contributed by atoms with Crippen LogP contribution in [0.4, 0.5) is 5.69 Å². The van der Waals surface area contributed by atoms with Crippen LogP contribution in [0.1, 0.15) is 17.0 Å². The summed E-state index contributed by atoms with van der Waals surface area (Å²) in [6.45, 7) is 1.77. The number of nitrogens with one attached hydrogen (secondary N) is 1. The molecule has 1 amide bonds. The molecule has 6 nitrogen and oxygen atoms in total. The zero-order chi connectivity index (χ0) is 16.9. The molecule has 0 radical (unpaired) electrons. The molecule has 0 aliphatic rings. The number of oxazole rings is 1. The molecule has 0 fully saturated rings. The lowest BCUT2D eigenvalue weighted by atomic mass is 10.2. The van der Waals surface area contributed by atoms with Gasteiger partial charge in [-0.2, -0.15) is 5.26 Å². The van der Waals surface area contributed by atoms with E-state index in [0.717, 1.165) is 5.56 Å². The topological polar surface area (TPSA) is 91.8 Å². The van der Waals surface area contributed by atoms with Crippen molar-refractivity contribution < 1.29 is 9.21 Å². The van der Waals surface area contributed by atoms with Crippen molar-refractivity contribution >= 4 is 11.6 Å². The minimum absolute atomic E-state index is 0.0897. The Kier molecular flexibility index (Phi) is 4.34. The Labute approximate surface area is 138 Å². The predicted octanol–water partition coefficient (Wildman–Crippen LogP) is 3.10. The van der Waals surface area contributed by atoms with Crippen LogP contribution in [-0.2, 0) is 11.2 Å². The summed E-state index contributed by atoms with van der Waals surface area (Å²) in [6, 6.07) is 12.4. The molecule has 6 heteroatoms. The zero-order valence-corrected chi connectivity index (χ0v) is 13.0. The van der Waals surface area contributed by atoms with E-state index in [0.29, 0.717) is 28.6 Å². The van der Waals surface area contributed by atoms with Gasteiger partial charge in [-0.3, -0.25) is 9.78 Å². The number of pyridine rings is 1. The summed E-state index contributed by atoms with van der Waals surface area (Å²) in [4.78, 5) is 20.6. The van der Waals surface area contributed by atoms with Gasteiger partial charge in [-0.25, -0.2) is 4.98 Å². The SMILES string of the molecule is Cc1oc(-c2cccnc2)nc1CC(=O)Nc1cccc(C#N)c1. The Morgan fingerprint density at radius 2 is 2.21 bits per heavy atom. The van der Waals surface area contributed by atoms with Gasteiger partial charge in [-0.1, -0.05) is 6.07 Å². The van der Waals surface area contributed by atoms with Crippen LogP contribution in [0, 0.1) is 18.3 Å². The number of amides is 1. The molecule has 0 unspecified atom stereocenters. The number of carbonyl (C=O) groups excluding carboxylic acids is 1. The summed E-state index contributed by atoms with van der Waals surface area (Å²) in [5.74, 6) is 0.809. The standard InChI is InChI=1S/C18H14N4O2/c1-12-16(22-18(24-12)14-5-3-7-20-11-14)9-17(23)21-15-6-2-4-13(8-15)10-19/h2-8,11H,9H2,1H3,(H,21,23). The van der Waals surface area contributed by atoms with E-state index in [1.165, 1.54) is 0 Å². The molecule has 0 aliphatic heterocycles. The van der Waals surface area contributed by atoms with Crippen molar-refractivity contribution in [2.75, 3.05) is 5.32 Å². The summed E-state index contributed by atoms with van der Waals surface area (Å²) in [6.07, 6.45) is 3.41. The van der Waals surface area contributed by atoms with Crippen molar-refractivity contribution in [3.8, 4) is 17.5 Å².